The molecule has 1 aromatic carbocycles. The molecule has 0 N–H and O–H groups in total. The summed E-state index contributed by atoms with van der Waals surface area (Å²) in [7, 11) is 0. The maximum Gasteiger partial charge on any atom is 0.430 e. The summed E-state index contributed by atoms with van der Waals surface area (Å²) in [6.07, 6.45) is 2.19. The topological polar surface area (TPSA) is 41.9 Å². The Bertz CT molecular complexity index is 463. The van der Waals surface area contributed by atoms with Crippen LogP contribution < -0.4 is 0 Å². The summed E-state index contributed by atoms with van der Waals surface area (Å²) in [5.74, 6) is 0. The highest BCUT2D eigenvalue weighted by atomic mass is 16.6. The zero-order valence-corrected chi connectivity index (χ0v) is 11.7. The maximum atomic E-state index is 11.7. The van der Waals surface area contributed by atoms with Crippen molar-refractivity contribution in [2.75, 3.05) is 6.61 Å². The van der Waals surface area contributed by atoms with Crippen LogP contribution in [0.25, 0.3) is 0 Å². The van der Waals surface area contributed by atoms with Crippen molar-refractivity contribution in [1.29, 1.82) is 0 Å². The van der Waals surface area contributed by atoms with E-state index < -0.39 is 0 Å². The van der Waals surface area contributed by atoms with Crippen LogP contribution in [0.4, 0.5) is 4.79 Å². The third kappa shape index (κ3) is 3.81. The predicted molar refractivity (Wildman–Crippen MR) is 75.1 cm³/mol. The minimum Gasteiger partial charge on any atom is -0.446 e. The Morgan fingerprint density at radius 3 is 2.68 bits per heavy atom. The van der Waals surface area contributed by atoms with E-state index in [2.05, 4.69) is 17.2 Å². The van der Waals surface area contributed by atoms with Gasteiger partial charge in [-0.25, -0.2) is 4.79 Å². The molecule has 102 valence electrons. The van der Waals surface area contributed by atoms with E-state index in [9.17, 15) is 4.79 Å². The SMILES string of the molecule is CC(C)(C)/C=N/N1C(=O)OC[C@@H]1Cc1ccccc1. The molecule has 4 heteroatoms. The van der Waals surface area contributed by atoms with Gasteiger partial charge in [0.2, 0.25) is 0 Å². The van der Waals surface area contributed by atoms with Gasteiger partial charge in [0.25, 0.3) is 0 Å². The molecule has 1 aromatic rings. The lowest BCUT2D eigenvalue weighted by Crippen LogP contribution is -2.31. The Kier molecular flexibility index (Phi) is 3.88. The smallest absolute Gasteiger partial charge is 0.430 e. The molecule has 1 aliphatic heterocycles. The second kappa shape index (κ2) is 5.43. The van der Waals surface area contributed by atoms with Crippen molar-refractivity contribution in [2.45, 2.75) is 33.2 Å². The minimum absolute atomic E-state index is 0.0199. The lowest BCUT2D eigenvalue weighted by atomic mass is 9.99. The Morgan fingerprint density at radius 2 is 2.05 bits per heavy atom. The molecular weight excluding hydrogens is 240 g/mol. The number of hydrogen-bond donors (Lipinski definition) is 0. The molecule has 1 amide bonds. The first-order chi connectivity index (χ1) is 8.96. The van der Waals surface area contributed by atoms with Crippen LogP contribution in [0, 0.1) is 5.41 Å². The molecule has 4 nitrogen and oxygen atoms in total. The number of ether oxygens (including phenoxy) is 1. The van der Waals surface area contributed by atoms with Crippen LogP contribution in [0.15, 0.2) is 35.4 Å². The van der Waals surface area contributed by atoms with Crippen molar-refractivity contribution in [1.82, 2.24) is 5.01 Å². The van der Waals surface area contributed by atoms with Crippen LogP contribution in [-0.2, 0) is 11.2 Å². The molecule has 1 fully saturated rings. The van der Waals surface area contributed by atoms with Crippen molar-refractivity contribution in [2.24, 2.45) is 10.5 Å². The average Bonchev–Trinajstić information content (AvgIpc) is 2.68. The van der Waals surface area contributed by atoms with Crippen molar-refractivity contribution < 1.29 is 9.53 Å². The van der Waals surface area contributed by atoms with Crippen LogP contribution >= 0.6 is 0 Å². The molecule has 19 heavy (non-hydrogen) atoms. The second-order valence-corrected chi connectivity index (χ2v) is 5.88. The largest absolute Gasteiger partial charge is 0.446 e. The molecule has 1 heterocycles. The summed E-state index contributed by atoms with van der Waals surface area (Å²) in [6.45, 7) is 6.54. The number of carbonyl (C=O) groups is 1. The van der Waals surface area contributed by atoms with Gasteiger partial charge in [0.05, 0.1) is 6.04 Å². The molecule has 1 aliphatic rings. The summed E-state index contributed by atoms with van der Waals surface area (Å²) >= 11 is 0. The van der Waals surface area contributed by atoms with Crippen LogP contribution in [0.5, 0.6) is 0 Å². The fourth-order valence-corrected chi connectivity index (χ4v) is 1.86. The quantitative estimate of drug-likeness (QED) is 0.784. The summed E-state index contributed by atoms with van der Waals surface area (Å²) in [6, 6.07) is 10.1. The van der Waals surface area contributed by atoms with Crippen LogP contribution in [-0.4, -0.2) is 30.0 Å². The van der Waals surface area contributed by atoms with Gasteiger partial charge in [0.1, 0.15) is 6.61 Å². The summed E-state index contributed by atoms with van der Waals surface area (Å²) in [4.78, 5) is 11.7. The Hall–Kier alpha value is -1.84. The van der Waals surface area contributed by atoms with E-state index in [0.717, 1.165) is 6.42 Å². The van der Waals surface area contributed by atoms with E-state index in [1.54, 1.807) is 6.21 Å². The third-order valence-electron chi connectivity index (χ3n) is 2.82. The number of hydrazone groups is 1. The van der Waals surface area contributed by atoms with E-state index in [1.165, 1.54) is 10.6 Å². The first-order valence-corrected chi connectivity index (χ1v) is 6.51. The van der Waals surface area contributed by atoms with Gasteiger partial charge in [-0.3, -0.25) is 0 Å². The Labute approximate surface area is 114 Å². The van der Waals surface area contributed by atoms with Crippen LogP contribution in [0.3, 0.4) is 0 Å². The van der Waals surface area contributed by atoms with Gasteiger partial charge in [0.15, 0.2) is 0 Å². The Balaban J connectivity index is 2.07. The lowest BCUT2D eigenvalue weighted by molar-refractivity contribution is 0.158. The number of nitrogens with zero attached hydrogens (tertiary/aromatic N) is 2. The molecule has 2 rings (SSSR count). The van der Waals surface area contributed by atoms with E-state index in [1.807, 2.05) is 39.0 Å². The number of benzene rings is 1. The normalized spacial score (nSPS) is 20.1. The number of cyclic esters (lactones) is 1. The van der Waals surface area contributed by atoms with Gasteiger partial charge in [-0.1, -0.05) is 51.1 Å². The third-order valence-corrected chi connectivity index (χ3v) is 2.82. The number of carbonyl (C=O) groups excluding carboxylic acids is 1. The lowest BCUT2D eigenvalue weighted by Gasteiger charge is -2.18. The van der Waals surface area contributed by atoms with E-state index in [-0.39, 0.29) is 17.6 Å². The molecule has 0 saturated carbocycles. The van der Waals surface area contributed by atoms with Crippen LogP contribution in [0.1, 0.15) is 26.3 Å². The number of rotatable bonds is 3. The van der Waals surface area contributed by atoms with Gasteiger partial charge in [0, 0.05) is 6.21 Å². The highest BCUT2D eigenvalue weighted by Crippen LogP contribution is 2.18. The fraction of sp³-hybridized carbons (Fsp3) is 0.467. The Morgan fingerprint density at radius 1 is 1.37 bits per heavy atom. The van der Waals surface area contributed by atoms with Crippen molar-refractivity contribution in [3.05, 3.63) is 35.9 Å². The average molecular weight is 260 g/mol. The molecule has 0 aromatic heterocycles. The summed E-state index contributed by atoms with van der Waals surface area (Å²) in [5.41, 5.74) is 1.13. The van der Waals surface area contributed by atoms with Crippen molar-refractivity contribution >= 4 is 12.3 Å². The van der Waals surface area contributed by atoms with Gasteiger partial charge in [-0.05, 0) is 17.4 Å². The second-order valence-electron chi connectivity index (χ2n) is 5.88. The van der Waals surface area contributed by atoms with E-state index >= 15 is 0 Å². The van der Waals surface area contributed by atoms with Crippen molar-refractivity contribution in [3.8, 4) is 0 Å². The molecule has 0 unspecified atom stereocenters. The summed E-state index contributed by atoms with van der Waals surface area (Å²) in [5, 5.41) is 5.74. The number of amides is 1. The first-order valence-electron chi connectivity index (χ1n) is 6.51. The van der Waals surface area contributed by atoms with E-state index in [4.69, 9.17) is 4.74 Å². The molecule has 1 atom stereocenters. The maximum absolute atomic E-state index is 11.7. The van der Waals surface area contributed by atoms with Gasteiger partial charge >= 0.3 is 6.09 Å². The molecular formula is C15H20N2O2. The highest BCUT2D eigenvalue weighted by molar-refractivity contribution is 5.72. The van der Waals surface area contributed by atoms with Gasteiger partial charge in [-0.2, -0.15) is 10.1 Å². The molecule has 0 radical (unpaired) electrons. The standard InChI is InChI=1S/C15H20N2O2/c1-15(2,3)11-16-17-13(10-19-14(17)18)9-12-7-5-4-6-8-12/h4-8,11,13H,9-10H2,1-3H3/b16-11+/t13-/m0/s1. The van der Waals surface area contributed by atoms with Crippen molar-refractivity contribution in [3.63, 3.8) is 0 Å². The molecule has 0 aliphatic carbocycles. The molecule has 1 saturated heterocycles. The summed E-state index contributed by atoms with van der Waals surface area (Å²) < 4.78 is 5.09. The fourth-order valence-electron chi connectivity index (χ4n) is 1.86. The minimum atomic E-state index is -0.360. The monoisotopic (exact) mass is 260 g/mol. The van der Waals surface area contributed by atoms with Gasteiger partial charge in [-0.15, -0.1) is 0 Å². The predicted octanol–water partition coefficient (Wildman–Crippen LogP) is 3.08. The van der Waals surface area contributed by atoms with E-state index in [0.29, 0.717) is 6.61 Å². The van der Waals surface area contributed by atoms with Gasteiger partial charge < -0.3 is 4.74 Å². The van der Waals surface area contributed by atoms with Crippen LogP contribution in [0.2, 0.25) is 0 Å². The first kappa shape index (κ1) is 13.6. The molecule has 0 bridgehead atoms. The molecule has 0 spiro atoms. The zero-order chi connectivity index (χ0) is 13.9. The number of hydrogen-bond acceptors (Lipinski definition) is 3. The highest BCUT2D eigenvalue weighted by Gasteiger charge is 2.33. The zero-order valence-electron chi connectivity index (χ0n) is 11.7.